The molecule has 0 spiro atoms. The molecular weight excluding hydrogens is 322 g/mol. The Balaban J connectivity index is 2.41. The van der Waals surface area contributed by atoms with Crippen molar-refractivity contribution in [3.8, 4) is 11.6 Å². The van der Waals surface area contributed by atoms with Gasteiger partial charge in [-0.05, 0) is 31.0 Å². The number of ether oxygens (including phenoxy) is 1. The van der Waals surface area contributed by atoms with Gasteiger partial charge in [-0.3, -0.25) is 4.79 Å². The van der Waals surface area contributed by atoms with Crippen molar-refractivity contribution in [1.29, 1.82) is 0 Å². The van der Waals surface area contributed by atoms with Crippen LogP contribution in [0.2, 0.25) is 0 Å². The molecule has 0 bridgehead atoms. The lowest BCUT2D eigenvalue weighted by Crippen LogP contribution is -2.21. The molecule has 1 heterocycles. The van der Waals surface area contributed by atoms with E-state index in [1.165, 1.54) is 0 Å². The summed E-state index contributed by atoms with van der Waals surface area (Å²) in [6, 6.07) is 3.61. The summed E-state index contributed by atoms with van der Waals surface area (Å²) in [6.45, 7) is 4.50. The van der Waals surface area contributed by atoms with Gasteiger partial charge in [-0.15, -0.1) is 0 Å². The highest BCUT2D eigenvalue weighted by atomic mass is 79.9. The Kier molecular flexibility index (Phi) is 4.44. The second kappa shape index (κ2) is 6.09. The molecule has 1 aromatic carbocycles. The molecule has 0 unspecified atom stereocenters. The number of halogens is 1. The minimum atomic E-state index is -0.254. The van der Waals surface area contributed by atoms with Crippen LogP contribution >= 0.6 is 15.9 Å². The van der Waals surface area contributed by atoms with Gasteiger partial charge < -0.3 is 15.0 Å². The minimum absolute atomic E-state index is 0.0399. The van der Waals surface area contributed by atoms with Gasteiger partial charge in [0.15, 0.2) is 5.75 Å². The SMILES string of the molecule is CCCn1ccnc(Oc2c(C)cc(Br)cc2N)c1=O. The summed E-state index contributed by atoms with van der Waals surface area (Å²) >= 11 is 3.36. The monoisotopic (exact) mass is 337 g/mol. The fourth-order valence-corrected chi connectivity index (χ4v) is 2.50. The van der Waals surface area contributed by atoms with Gasteiger partial charge in [0, 0.05) is 23.4 Å². The molecule has 0 aliphatic rings. The van der Waals surface area contributed by atoms with E-state index in [2.05, 4.69) is 20.9 Å². The van der Waals surface area contributed by atoms with Crippen LogP contribution < -0.4 is 16.0 Å². The molecule has 0 fully saturated rings. The van der Waals surface area contributed by atoms with Gasteiger partial charge in [0.25, 0.3) is 5.88 Å². The number of nitrogens with two attached hydrogens (primary N) is 1. The van der Waals surface area contributed by atoms with Crippen molar-refractivity contribution in [3.63, 3.8) is 0 Å². The van der Waals surface area contributed by atoms with Crippen LogP contribution in [-0.4, -0.2) is 9.55 Å². The summed E-state index contributed by atoms with van der Waals surface area (Å²) in [5.74, 6) is 0.505. The second-order valence-corrected chi connectivity index (χ2v) is 5.39. The summed E-state index contributed by atoms with van der Waals surface area (Å²) in [6.07, 6.45) is 4.07. The lowest BCUT2D eigenvalue weighted by Gasteiger charge is -2.12. The van der Waals surface area contributed by atoms with E-state index in [0.717, 1.165) is 16.5 Å². The predicted octanol–water partition coefficient (Wildman–Crippen LogP) is 3.10. The summed E-state index contributed by atoms with van der Waals surface area (Å²) in [4.78, 5) is 16.2. The predicted molar refractivity (Wildman–Crippen MR) is 82.2 cm³/mol. The number of aryl methyl sites for hydroxylation is 2. The van der Waals surface area contributed by atoms with E-state index in [1.807, 2.05) is 19.9 Å². The van der Waals surface area contributed by atoms with E-state index in [4.69, 9.17) is 10.5 Å². The molecule has 106 valence electrons. The normalized spacial score (nSPS) is 10.6. The van der Waals surface area contributed by atoms with Gasteiger partial charge in [-0.2, -0.15) is 0 Å². The van der Waals surface area contributed by atoms with Crippen LogP contribution in [0.5, 0.6) is 11.6 Å². The molecule has 2 N–H and O–H groups in total. The van der Waals surface area contributed by atoms with Crippen LogP contribution in [0.4, 0.5) is 5.69 Å². The van der Waals surface area contributed by atoms with Crippen LogP contribution in [0.3, 0.4) is 0 Å². The average Bonchev–Trinajstić information content (AvgIpc) is 2.38. The first kappa shape index (κ1) is 14.6. The molecule has 0 aliphatic heterocycles. The van der Waals surface area contributed by atoms with Crippen molar-refractivity contribution in [1.82, 2.24) is 9.55 Å². The highest BCUT2D eigenvalue weighted by molar-refractivity contribution is 9.10. The van der Waals surface area contributed by atoms with Gasteiger partial charge in [-0.1, -0.05) is 22.9 Å². The quantitative estimate of drug-likeness (QED) is 0.870. The molecule has 2 rings (SSSR count). The Morgan fingerprint density at radius 2 is 2.20 bits per heavy atom. The molecular formula is C14H16BrN3O2. The molecule has 0 saturated heterocycles. The van der Waals surface area contributed by atoms with Crippen molar-refractivity contribution >= 4 is 21.6 Å². The molecule has 5 nitrogen and oxygen atoms in total. The number of aromatic nitrogens is 2. The molecule has 0 aliphatic carbocycles. The van der Waals surface area contributed by atoms with E-state index in [1.54, 1.807) is 23.0 Å². The van der Waals surface area contributed by atoms with Gasteiger partial charge >= 0.3 is 5.56 Å². The number of rotatable bonds is 4. The van der Waals surface area contributed by atoms with E-state index < -0.39 is 0 Å². The summed E-state index contributed by atoms with van der Waals surface area (Å²) < 4.78 is 8.06. The molecule has 0 radical (unpaired) electrons. The van der Waals surface area contributed by atoms with E-state index >= 15 is 0 Å². The van der Waals surface area contributed by atoms with E-state index in [0.29, 0.717) is 18.0 Å². The average molecular weight is 338 g/mol. The third-order valence-corrected chi connectivity index (χ3v) is 3.27. The maximum atomic E-state index is 12.2. The van der Waals surface area contributed by atoms with Crippen molar-refractivity contribution in [2.24, 2.45) is 0 Å². The van der Waals surface area contributed by atoms with Gasteiger partial charge in [0.1, 0.15) is 0 Å². The Morgan fingerprint density at radius 3 is 2.85 bits per heavy atom. The molecule has 1 aromatic heterocycles. The van der Waals surface area contributed by atoms with E-state index in [-0.39, 0.29) is 11.4 Å². The largest absolute Gasteiger partial charge is 0.432 e. The van der Waals surface area contributed by atoms with Crippen molar-refractivity contribution in [2.45, 2.75) is 26.8 Å². The van der Waals surface area contributed by atoms with Gasteiger partial charge in [-0.25, -0.2) is 4.98 Å². The first-order valence-electron chi connectivity index (χ1n) is 6.32. The maximum absolute atomic E-state index is 12.2. The summed E-state index contributed by atoms with van der Waals surface area (Å²) in [5.41, 5.74) is 6.97. The number of nitrogen functional groups attached to an aromatic ring is 1. The lowest BCUT2D eigenvalue weighted by atomic mass is 10.2. The lowest BCUT2D eigenvalue weighted by molar-refractivity contribution is 0.442. The van der Waals surface area contributed by atoms with E-state index in [9.17, 15) is 4.79 Å². The molecule has 2 aromatic rings. The topological polar surface area (TPSA) is 70.1 Å². The first-order valence-corrected chi connectivity index (χ1v) is 7.11. The van der Waals surface area contributed by atoms with Crippen LogP contribution in [-0.2, 0) is 6.54 Å². The van der Waals surface area contributed by atoms with Crippen LogP contribution in [0.25, 0.3) is 0 Å². The zero-order valence-electron chi connectivity index (χ0n) is 11.4. The van der Waals surface area contributed by atoms with Crippen molar-refractivity contribution < 1.29 is 4.74 Å². The summed E-state index contributed by atoms with van der Waals surface area (Å²) in [5, 5.41) is 0. The molecule has 0 amide bonds. The fraction of sp³-hybridized carbons (Fsp3) is 0.286. The summed E-state index contributed by atoms with van der Waals surface area (Å²) in [7, 11) is 0. The fourth-order valence-electron chi connectivity index (χ4n) is 1.91. The molecule has 0 atom stereocenters. The highest BCUT2D eigenvalue weighted by Crippen LogP contribution is 2.32. The van der Waals surface area contributed by atoms with Crippen LogP contribution in [0, 0.1) is 6.92 Å². The Labute approximate surface area is 125 Å². The standard InChI is InChI=1S/C14H16BrN3O2/c1-3-5-18-6-4-17-13(14(18)19)20-12-9(2)7-10(15)8-11(12)16/h4,6-8H,3,5,16H2,1-2H3. The molecule has 20 heavy (non-hydrogen) atoms. The highest BCUT2D eigenvalue weighted by Gasteiger charge is 2.12. The Bertz CT molecular complexity index is 659. The number of hydrogen-bond acceptors (Lipinski definition) is 4. The third kappa shape index (κ3) is 3.01. The number of anilines is 1. The Morgan fingerprint density at radius 1 is 1.45 bits per heavy atom. The molecule has 0 saturated carbocycles. The maximum Gasteiger partial charge on any atom is 0.313 e. The van der Waals surface area contributed by atoms with Gasteiger partial charge in [0.05, 0.1) is 5.69 Å². The van der Waals surface area contributed by atoms with Crippen molar-refractivity contribution in [3.05, 3.63) is 44.9 Å². The number of nitrogens with zero attached hydrogens (tertiary/aromatic N) is 2. The second-order valence-electron chi connectivity index (χ2n) is 4.47. The zero-order valence-corrected chi connectivity index (χ0v) is 13.0. The van der Waals surface area contributed by atoms with Crippen LogP contribution in [0.15, 0.2) is 33.8 Å². The van der Waals surface area contributed by atoms with Gasteiger partial charge in [0.2, 0.25) is 0 Å². The first-order chi connectivity index (χ1) is 9.52. The Hall–Kier alpha value is -1.82. The van der Waals surface area contributed by atoms with Crippen molar-refractivity contribution in [2.75, 3.05) is 5.73 Å². The molecule has 6 heteroatoms. The smallest absolute Gasteiger partial charge is 0.313 e. The third-order valence-electron chi connectivity index (χ3n) is 2.81. The number of benzene rings is 1. The van der Waals surface area contributed by atoms with Crippen LogP contribution in [0.1, 0.15) is 18.9 Å². The number of hydrogen-bond donors (Lipinski definition) is 1. The zero-order chi connectivity index (χ0) is 14.7. The minimum Gasteiger partial charge on any atom is -0.432 e.